The van der Waals surface area contributed by atoms with E-state index in [1.807, 2.05) is 36.4 Å². The predicted molar refractivity (Wildman–Crippen MR) is 135 cm³/mol. The van der Waals surface area contributed by atoms with Gasteiger partial charge in [-0.05, 0) is 29.3 Å². The van der Waals surface area contributed by atoms with Crippen LogP contribution in [-0.4, -0.2) is 49.9 Å². The van der Waals surface area contributed by atoms with E-state index in [0.29, 0.717) is 35.4 Å². The maximum Gasteiger partial charge on any atom is 0.226 e. The second-order valence-electron chi connectivity index (χ2n) is 9.30. The summed E-state index contributed by atoms with van der Waals surface area (Å²) in [5.41, 5.74) is 4.00. The first-order chi connectivity index (χ1) is 17.4. The van der Waals surface area contributed by atoms with Crippen LogP contribution in [0.1, 0.15) is 61.0 Å². The lowest BCUT2D eigenvalue weighted by Gasteiger charge is -2.26. The van der Waals surface area contributed by atoms with Crippen molar-refractivity contribution in [1.29, 1.82) is 0 Å². The largest absolute Gasteiger partial charge is 0.493 e. The number of methoxy groups -OCH3 is 2. The molecule has 5 rings (SSSR count). The molecule has 36 heavy (non-hydrogen) atoms. The number of nitrogens with one attached hydrogen (secondary N) is 1. The fourth-order valence-corrected chi connectivity index (χ4v) is 5.17. The maximum absolute atomic E-state index is 13.3. The molecule has 0 bridgehead atoms. The lowest BCUT2D eigenvalue weighted by Crippen LogP contribution is -2.31. The van der Waals surface area contributed by atoms with Crippen LogP contribution < -0.4 is 14.8 Å². The number of benzene rings is 2. The Hall–Kier alpha value is -3.07. The summed E-state index contributed by atoms with van der Waals surface area (Å²) in [4.78, 5) is 15.0. The molecule has 0 aliphatic carbocycles. The van der Waals surface area contributed by atoms with Crippen molar-refractivity contribution in [3.8, 4) is 22.6 Å². The number of amides is 1. The molecule has 2 aliphatic heterocycles. The van der Waals surface area contributed by atoms with Gasteiger partial charge in [0.25, 0.3) is 0 Å². The third-order valence-corrected chi connectivity index (χ3v) is 6.96. The first kappa shape index (κ1) is 24.6. The Morgan fingerprint density at radius 2 is 2.06 bits per heavy atom. The number of fused-ring (bicyclic) bond motifs is 3. The summed E-state index contributed by atoms with van der Waals surface area (Å²) in [6, 6.07) is 11.4. The molecule has 0 spiro atoms. The Kier molecular flexibility index (Phi) is 6.92. The highest BCUT2D eigenvalue weighted by atomic mass is 35.5. The SMILES string of the molecule is COc1cccc(C2OC(CC(=O)N3CCNC3)c3noc(C(C)C)c3-c3ccc(Cl)cc32)c1OC. The van der Waals surface area contributed by atoms with Crippen molar-refractivity contribution >= 4 is 17.5 Å². The lowest BCUT2D eigenvalue weighted by molar-refractivity contribution is -0.134. The molecule has 190 valence electrons. The normalized spacial score (nSPS) is 19.1. The minimum absolute atomic E-state index is 0.00890. The molecule has 1 amide bonds. The highest BCUT2D eigenvalue weighted by Crippen LogP contribution is 2.50. The molecular weight excluding hydrogens is 482 g/mol. The van der Waals surface area contributed by atoms with E-state index in [1.165, 1.54) is 0 Å². The van der Waals surface area contributed by atoms with Crippen LogP contribution >= 0.6 is 11.6 Å². The van der Waals surface area contributed by atoms with Gasteiger partial charge >= 0.3 is 0 Å². The molecule has 3 heterocycles. The van der Waals surface area contributed by atoms with Gasteiger partial charge in [-0.25, -0.2) is 0 Å². The van der Waals surface area contributed by atoms with Crippen molar-refractivity contribution in [3.63, 3.8) is 0 Å². The van der Waals surface area contributed by atoms with Gasteiger partial charge in [-0.2, -0.15) is 0 Å². The van der Waals surface area contributed by atoms with Crippen LogP contribution in [0.15, 0.2) is 40.9 Å². The molecule has 2 aromatic carbocycles. The Labute approximate surface area is 215 Å². The summed E-state index contributed by atoms with van der Waals surface area (Å²) in [6.07, 6.45) is -1.10. The minimum Gasteiger partial charge on any atom is -0.493 e. The van der Waals surface area contributed by atoms with Gasteiger partial charge in [0, 0.05) is 29.6 Å². The number of carbonyl (C=O) groups is 1. The molecule has 9 heteroatoms. The molecule has 1 saturated heterocycles. The van der Waals surface area contributed by atoms with E-state index < -0.39 is 12.2 Å². The van der Waals surface area contributed by atoms with Gasteiger partial charge in [-0.3, -0.25) is 10.1 Å². The van der Waals surface area contributed by atoms with Crippen molar-refractivity contribution in [2.24, 2.45) is 0 Å². The number of rotatable bonds is 6. The molecule has 1 N–H and O–H groups in total. The van der Waals surface area contributed by atoms with Crippen LogP contribution in [0, 0.1) is 0 Å². The number of nitrogens with zero attached hydrogens (tertiary/aromatic N) is 2. The van der Waals surface area contributed by atoms with Gasteiger partial charge in [0.15, 0.2) is 11.5 Å². The third-order valence-electron chi connectivity index (χ3n) is 6.73. The van der Waals surface area contributed by atoms with Crippen LogP contribution in [0.4, 0.5) is 0 Å². The smallest absolute Gasteiger partial charge is 0.226 e. The molecule has 0 radical (unpaired) electrons. The van der Waals surface area contributed by atoms with E-state index in [0.717, 1.165) is 34.6 Å². The van der Waals surface area contributed by atoms with Crippen LogP contribution in [-0.2, 0) is 9.53 Å². The number of para-hydroxylation sites is 1. The van der Waals surface area contributed by atoms with E-state index in [1.54, 1.807) is 19.1 Å². The van der Waals surface area contributed by atoms with Crippen LogP contribution in [0.2, 0.25) is 5.02 Å². The van der Waals surface area contributed by atoms with Gasteiger partial charge in [-0.15, -0.1) is 0 Å². The van der Waals surface area contributed by atoms with Gasteiger partial charge in [-0.1, -0.05) is 48.8 Å². The van der Waals surface area contributed by atoms with Crippen molar-refractivity contribution in [2.75, 3.05) is 34.0 Å². The lowest BCUT2D eigenvalue weighted by atomic mass is 9.90. The average Bonchev–Trinajstić information content (AvgIpc) is 3.55. The number of ether oxygens (including phenoxy) is 3. The summed E-state index contributed by atoms with van der Waals surface area (Å²) in [7, 11) is 3.20. The summed E-state index contributed by atoms with van der Waals surface area (Å²) >= 11 is 6.51. The summed E-state index contributed by atoms with van der Waals surface area (Å²) in [5.74, 6) is 1.96. The summed E-state index contributed by atoms with van der Waals surface area (Å²) in [6.45, 7) is 6.08. The second-order valence-corrected chi connectivity index (χ2v) is 9.74. The van der Waals surface area contributed by atoms with E-state index in [4.69, 9.17) is 30.3 Å². The molecule has 3 aromatic rings. The zero-order valence-electron chi connectivity index (χ0n) is 20.8. The number of hydrogen-bond donors (Lipinski definition) is 1. The van der Waals surface area contributed by atoms with Gasteiger partial charge in [0.05, 0.1) is 32.9 Å². The number of halogens is 1. The highest BCUT2D eigenvalue weighted by Gasteiger charge is 2.38. The zero-order valence-corrected chi connectivity index (χ0v) is 21.6. The molecular formula is C27H30ClN3O5. The number of aromatic nitrogens is 1. The Morgan fingerprint density at radius 1 is 1.22 bits per heavy atom. The van der Waals surface area contributed by atoms with E-state index in [-0.39, 0.29) is 18.2 Å². The quantitative estimate of drug-likeness (QED) is 0.494. The first-order valence-electron chi connectivity index (χ1n) is 12.1. The fraction of sp³-hybridized carbons (Fsp3) is 0.407. The monoisotopic (exact) mass is 511 g/mol. The summed E-state index contributed by atoms with van der Waals surface area (Å²) < 4.78 is 24.0. The Bertz CT molecular complexity index is 1270. The molecule has 1 fully saturated rings. The van der Waals surface area contributed by atoms with E-state index >= 15 is 0 Å². The molecule has 2 unspecified atom stereocenters. The summed E-state index contributed by atoms with van der Waals surface area (Å²) in [5, 5.41) is 8.23. The molecule has 2 atom stereocenters. The Morgan fingerprint density at radius 3 is 2.75 bits per heavy atom. The Balaban J connectivity index is 1.70. The van der Waals surface area contributed by atoms with Gasteiger partial charge < -0.3 is 23.6 Å². The van der Waals surface area contributed by atoms with Crippen molar-refractivity contribution in [1.82, 2.24) is 15.4 Å². The topological polar surface area (TPSA) is 86.1 Å². The van der Waals surface area contributed by atoms with Crippen LogP contribution in [0.25, 0.3) is 11.1 Å². The van der Waals surface area contributed by atoms with Gasteiger partial charge in [0.2, 0.25) is 5.91 Å². The first-order valence-corrected chi connectivity index (χ1v) is 12.4. The highest BCUT2D eigenvalue weighted by molar-refractivity contribution is 6.30. The van der Waals surface area contributed by atoms with Crippen LogP contribution in [0.5, 0.6) is 11.5 Å². The fourth-order valence-electron chi connectivity index (χ4n) is 4.99. The number of carbonyl (C=O) groups excluding carboxylic acids is 1. The molecule has 1 aromatic heterocycles. The van der Waals surface area contributed by atoms with Gasteiger partial charge in [0.1, 0.15) is 23.7 Å². The van der Waals surface area contributed by atoms with Crippen molar-refractivity contribution < 1.29 is 23.5 Å². The maximum atomic E-state index is 13.3. The van der Waals surface area contributed by atoms with Crippen LogP contribution in [0.3, 0.4) is 0 Å². The molecule has 8 nitrogen and oxygen atoms in total. The third kappa shape index (κ3) is 4.34. The van der Waals surface area contributed by atoms with E-state index in [2.05, 4.69) is 24.3 Å². The second kappa shape index (κ2) is 10.1. The molecule has 0 saturated carbocycles. The standard InChI is InChI=1S/C27H30ClN3O5/c1-15(2)25-23-17-9-8-16(28)12-19(17)26(18-6-5-7-20(33-3)27(18)34-4)35-21(24(23)30-36-25)13-22(32)31-11-10-29-14-31/h5-9,12,15,21,26,29H,10-11,13-14H2,1-4H3. The minimum atomic E-state index is -0.642. The van der Waals surface area contributed by atoms with E-state index in [9.17, 15) is 4.79 Å². The predicted octanol–water partition coefficient (Wildman–Crippen LogP) is 5.08. The zero-order chi connectivity index (χ0) is 25.4. The van der Waals surface area contributed by atoms with Crippen molar-refractivity contribution in [2.45, 2.75) is 38.4 Å². The average molecular weight is 512 g/mol. The van der Waals surface area contributed by atoms with Crippen molar-refractivity contribution in [3.05, 3.63) is 64.0 Å². The number of hydrogen-bond acceptors (Lipinski definition) is 7. The molecule has 2 aliphatic rings.